The third kappa shape index (κ3) is 6.70. The van der Waals surface area contributed by atoms with Crippen molar-refractivity contribution in [2.75, 3.05) is 50.7 Å². The number of benzene rings is 2. The number of aromatic nitrogens is 1. The normalized spacial score (nSPS) is 21.3. The number of piperazine rings is 1. The van der Waals surface area contributed by atoms with Crippen molar-refractivity contribution in [3.05, 3.63) is 88.7 Å². The van der Waals surface area contributed by atoms with Crippen LogP contribution in [0.1, 0.15) is 61.6 Å². The van der Waals surface area contributed by atoms with Crippen LogP contribution < -0.4 is 4.90 Å². The number of anilines is 1. The minimum absolute atomic E-state index is 0.106. The maximum Gasteiger partial charge on any atom is 0.243 e. The molecule has 3 fully saturated rings. The first-order valence-electron chi connectivity index (χ1n) is 16.7. The maximum absolute atomic E-state index is 13.9. The fourth-order valence-electron chi connectivity index (χ4n) is 7.80. The van der Waals surface area contributed by atoms with E-state index in [0.29, 0.717) is 48.0 Å². The van der Waals surface area contributed by atoms with E-state index < -0.39 is 10.0 Å². The summed E-state index contributed by atoms with van der Waals surface area (Å²) in [4.78, 5) is 25.2. The summed E-state index contributed by atoms with van der Waals surface area (Å²) in [5.74, 6) is 0.130. The van der Waals surface area contributed by atoms with E-state index in [2.05, 4.69) is 57.2 Å². The lowest BCUT2D eigenvalue weighted by atomic mass is 9.78. The second kappa shape index (κ2) is 14.0. The van der Waals surface area contributed by atoms with Crippen molar-refractivity contribution < 1.29 is 13.2 Å². The zero-order chi connectivity index (χ0) is 32.3. The monoisotopic (exact) mass is 663 g/mol. The van der Waals surface area contributed by atoms with Gasteiger partial charge in [-0.25, -0.2) is 8.42 Å². The van der Waals surface area contributed by atoms with Crippen molar-refractivity contribution in [2.45, 2.75) is 75.3 Å². The lowest BCUT2D eigenvalue weighted by molar-refractivity contribution is -0.134. The first kappa shape index (κ1) is 32.9. The summed E-state index contributed by atoms with van der Waals surface area (Å²) in [6, 6.07) is 18.2. The molecule has 4 heterocycles. The largest absolute Gasteiger partial charge is 0.369 e. The summed E-state index contributed by atoms with van der Waals surface area (Å²) in [6.45, 7) is 9.36. The Morgan fingerprint density at radius 1 is 0.891 bits per heavy atom. The van der Waals surface area contributed by atoms with Gasteiger partial charge >= 0.3 is 0 Å². The minimum atomic E-state index is -3.70. The fraction of sp³-hybridized carbons (Fsp3) is 0.500. The summed E-state index contributed by atoms with van der Waals surface area (Å²) >= 11 is 6.28. The Kier molecular flexibility index (Phi) is 10.0. The van der Waals surface area contributed by atoms with Crippen LogP contribution in [-0.2, 0) is 20.4 Å². The Morgan fingerprint density at radius 3 is 2.28 bits per heavy atom. The van der Waals surface area contributed by atoms with Gasteiger partial charge in [-0.3, -0.25) is 14.7 Å². The number of rotatable bonds is 8. The summed E-state index contributed by atoms with van der Waals surface area (Å²) in [5.41, 5.74) is 3.85. The molecule has 246 valence electrons. The smallest absolute Gasteiger partial charge is 0.243 e. The molecule has 0 saturated carbocycles. The average Bonchev–Trinajstić information content (AvgIpc) is 3.09. The number of pyridine rings is 1. The molecule has 3 aliphatic heterocycles. The number of aryl methyl sites for hydroxylation is 2. The zero-order valence-electron chi connectivity index (χ0n) is 27.1. The third-order valence-corrected chi connectivity index (χ3v) is 13.0. The van der Waals surface area contributed by atoms with Crippen LogP contribution in [0, 0.1) is 13.8 Å². The van der Waals surface area contributed by atoms with Gasteiger partial charge in [-0.05, 0) is 86.9 Å². The number of amides is 1. The summed E-state index contributed by atoms with van der Waals surface area (Å²) < 4.78 is 29.4. The Balaban J connectivity index is 1.10. The van der Waals surface area contributed by atoms with E-state index in [0.717, 1.165) is 63.8 Å². The topological polar surface area (TPSA) is 77.1 Å². The molecular weight excluding hydrogens is 618 g/mol. The number of halogens is 1. The van der Waals surface area contributed by atoms with Gasteiger partial charge in [-0.1, -0.05) is 48.4 Å². The molecule has 0 radical (unpaired) electrons. The minimum Gasteiger partial charge on any atom is -0.369 e. The van der Waals surface area contributed by atoms with E-state index in [9.17, 15) is 13.2 Å². The first-order valence-corrected chi connectivity index (χ1v) is 18.5. The number of piperidine rings is 2. The van der Waals surface area contributed by atoms with Crippen molar-refractivity contribution in [2.24, 2.45) is 0 Å². The Morgan fingerprint density at radius 2 is 1.59 bits per heavy atom. The number of hydrogen-bond acceptors (Lipinski definition) is 6. The van der Waals surface area contributed by atoms with Gasteiger partial charge in [0.15, 0.2) is 0 Å². The molecule has 0 aliphatic carbocycles. The molecule has 0 spiro atoms. The van der Waals surface area contributed by atoms with Crippen LogP contribution >= 0.6 is 11.6 Å². The number of carbonyl (C=O) groups excluding carboxylic acids is 1. The molecule has 3 saturated heterocycles. The van der Waals surface area contributed by atoms with Gasteiger partial charge in [0.2, 0.25) is 15.9 Å². The van der Waals surface area contributed by atoms with Gasteiger partial charge in [-0.15, -0.1) is 0 Å². The van der Waals surface area contributed by atoms with Gasteiger partial charge in [0.1, 0.15) is 0 Å². The molecule has 1 unspecified atom stereocenters. The highest BCUT2D eigenvalue weighted by Gasteiger charge is 2.43. The summed E-state index contributed by atoms with van der Waals surface area (Å²) in [5, 5.41) is 0.572. The van der Waals surface area contributed by atoms with E-state index in [1.165, 1.54) is 11.3 Å². The molecular formula is C36H46ClN5O3S. The predicted molar refractivity (Wildman–Crippen MR) is 184 cm³/mol. The van der Waals surface area contributed by atoms with E-state index in [1.54, 1.807) is 23.4 Å². The van der Waals surface area contributed by atoms with Crippen molar-refractivity contribution in [1.82, 2.24) is 19.1 Å². The predicted octanol–water partition coefficient (Wildman–Crippen LogP) is 6.02. The third-order valence-electron chi connectivity index (χ3n) is 10.5. The maximum atomic E-state index is 13.9. The number of likely N-dealkylation sites (tertiary alicyclic amines) is 1. The van der Waals surface area contributed by atoms with Gasteiger partial charge in [0.25, 0.3) is 0 Å². The van der Waals surface area contributed by atoms with Crippen LogP contribution in [0.25, 0.3) is 0 Å². The van der Waals surface area contributed by atoms with E-state index in [1.807, 2.05) is 24.2 Å². The van der Waals surface area contributed by atoms with Crippen molar-refractivity contribution in [3.63, 3.8) is 0 Å². The van der Waals surface area contributed by atoms with Crippen LogP contribution in [-0.4, -0.2) is 85.3 Å². The molecule has 1 aromatic heterocycles. The molecule has 3 aromatic rings. The molecule has 46 heavy (non-hydrogen) atoms. The van der Waals surface area contributed by atoms with E-state index >= 15 is 0 Å². The molecule has 8 nitrogen and oxygen atoms in total. The fourth-order valence-corrected chi connectivity index (χ4v) is 10.0. The van der Waals surface area contributed by atoms with Crippen LogP contribution in [0.4, 0.5) is 5.69 Å². The summed E-state index contributed by atoms with van der Waals surface area (Å²) in [6.07, 6.45) is 8.97. The highest BCUT2D eigenvalue weighted by atomic mass is 35.5. The lowest BCUT2D eigenvalue weighted by Crippen LogP contribution is -2.59. The lowest BCUT2D eigenvalue weighted by Gasteiger charge is -2.52. The summed E-state index contributed by atoms with van der Waals surface area (Å²) in [7, 11) is -3.70. The number of sulfonamides is 1. The first-order chi connectivity index (χ1) is 22.2. The van der Waals surface area contributed by atoms with Crippen molar-refractivity contribution >= 4 is 33.2 Å². The number of nitrogens with zero attached hydrogens (tertiary/aromatic N) is 5. The van der Waals surface area contributed by atoms with Crippen molar-refractivity contribution in [1.29, 1.82) is 0 Å². The van der Waals surface area contributed by atoms with Crippen LogP contribution in [0.3, 0.4) is 0 Å². The van der Waals surface area contributed by atoms with Gasteiger partial charge in [0.05, 0.1) is 4.90 Å². The van der Waals surface area contributed by atoms with Gasteiger partial charge < -0.3 is 9.80 Å². The quantitative estimate of drug-likeness (QED) is 0.294. The molecule has 0 bridgehead atoms. The second-order valence-electron chi connectivity index (χ2n) is 13.1. The highest BCUT2D eigenvalue weighted by Crippen LogP contribution is 2.40. The second-order valence-corrected chi connectivity index (χ2v) is 15.4. The van der Waals surface area contributed by atoms with Crippen LogP contribution in [0.5, 0.6) is 0 Å². The van der Waals surface area contributed by atoms with Gasteiger partial charge in [-0.2, -0.15) is 4.31 Å². The standard InChI is InChI=1S/C36H46ClN5O3S/c1-28-27-34(29(2)26-33(28)37)46(44,45)42-19-7-6-10-32(42)11-12-35(43)40-20-15-36(16-21-40,30-8-4-3-5-9-30)41-24-22-39(23-25-41)31-13-17-38-18-14-31/h3-5,8-9,13-14,17-18,26-27,32H,6-7,10-12,15-16,19-25H2,1-2H3. The molecule has 10 heteroatoms. The molecule has 1 atom stereocenters. The molecule has 2 aromatic carbocycles. The van der Waals surface area contributed by atoms with Crippen LogP contribution in [0.15, 0.2) is 71.9 Å². The van der Waals surface area contributed by atoms with E-state index in [-0.39, 0.29) is 17.5 Å². The number of hydrogen-bond donors (Lipinski definition) is 0. The SMILES string of the molecule is Cc1cc(S(=O)(=O)N2CCCCC2CCC(=O)N2CCC(c3ccccc3)(N3CCN(c4ccncc4)CC3)CC2)c(C)cc1Cl. The van der Waals surface area contributed by atoms with E-state index in [4.69, 9.17) is 11.6 Å². The molecule has 1 amide bonds. The average molecular weight is 664 g/mol. The Labute approximate surface area is 279 Å². The molecule has 6 rings (SSSR count). The zero-order valence-corrected chi connectivity index (χ0v) is 28.6. The van der Waals surface area contributed by atoms with Crippen molar-refractivity contribution in [3.8, 4) is 0 Å². The number of carbonyl (C=O) groups is 1. The Bertz CT molecular complexity index is 1610. The van der Waals surface area contributed by atoms with Crippen LogP contribution in [0.2, 0.25) is 5.02 Å². The molecule has 3 aliphatic rings. The Hall–Kier alpha value is -2.98. The highest BCUT2D eigenvalue weighted by molar-refractivity contribution is 7.89. The van der Waals surface area contributed by atoms with Gasteiger partial charge in [0, 0.05) is 86.9 Å². The molecule has 0 N–H and O–H groups in total.